The van der Waals surface area contributed by atoms with Gasteiger partial charge in [0.25, 0.3) is 0 Å². The van der Waals surface area contributed by atoms with Crippen molar-refractivity contribution in [2.75, 3.05) is 0 Å². The van der Waals surface area contributed by atoms with E-state index in [4.69, 9.17) is 23.7 Å². The normalized spacial score (nSPS) is 38.6. The van der Waals surface area contributed by atoms with Crippen LogP contribution in [0, 0.1) is 5.92 Å². The average molecular weight is 405 g/mol. The van der Waals surface area contributed by atoms with Gasteiger partial charge in [0.15, 0.2) is 17.9 Å². The summed E-state index contributed by atoms with van der Waals surface area (Å²) in [5, 5.41) is 12.5. The van der Waals surface area contributed by atoms with E-state index >= 15 is 0 Å². The minimum absolute atomic E-state index is 0.200. The first-order chi connectivity index (χ1) is 13.7. The fourth-order valence-corrected chi connectivity index (χ4v) is 4.91. The van der Waals surface area contributed by atoms with Crippen LogP contribution in [0.3, 0.4) is 0 Å². The predicted molar refractivity (Wildman–Crippen MR) is 103 cm³/mol. The fourth-order valence-electron chi connectivity index (χ4n) is 4.91. The molecule has 7 heteroatoms. The van der Waals surface area contributed by atoms with Crippen LogP contribution in [0.15, 0.2) is 30.3 Å². The van der Waals surface area contributed by atoms with Crippen molar-refractivity contribution in [3.8, 4) is 0 Å². The lowest BCUT2D eigenvalue weighted by molar-refractivity contribution is -0.272. The highest BCUT2D eigenvalue weighted by Gasteiger charge is 2.63. The molecule has 1 N–H and O–H groups in total. The first-order valence-electron chi connectivity index (χ1n) is 10.6. The maximum atomic E-state index is 11.1. The second kappa shape index (κ2) is 6.99. The van der Waals surface area contributed by atoms with Gasteiger partial charge in [-0.25, -0.2) is 0 Å². The molecular weight excluding hydrogens is 374 g/mol. The Morgan fingerprint density at radius 1 is 0.931 bits per heavy atom. The van der Waals surface area contributed by atoms with E-state index in [0.717, 1.165) is 18.4 Å². The zero-order chi connectivity index (χ0) is 20.4. The lowest BCUT2D eigenvalue weighted by Gasteiger charge is -2.43. The van der Waals surface area contributed by atoms with Crippen molar-refractivity contribution < 1.29 is 28.9 Å². The first-order valence-corrected chi connectivity index (χ1v) is 10.6. The van der Waals surface area contributed by atoms with Gasteiger partial charge >= 0.3 is 0 Å². The second-order valence-electron chi connectivity index (χ2n) is 9.55. The summed E-state index contributed by atoms with van der Waals surface area (Å²) in [7, 11) is 0. The molecule has 0 spiro atoms. The number of hydrogen-bond acceptors (Lipinski definition) is 7. The van der Waals surface area contributed by atoms with Crippen LogP contribution in [0.25, 0.3) is 0 Å². The fraction of sp³-hybridized carbons (Fsp3) is 0.727. The van der Waals surface area contributed by atoms with E-state index in [1.165, 1.54) is 5.06 Å². The Labute approximate surface area is 171 Å². The van der Waals surface area contributed by atoms with Crippen molar-refractivity contribution in [1.29, 1.82) is 0 Å². The Bertz CT molecular complexity index is 736. The molecule has 29 heavy (non-hydrogen) atoms. The quantitative estimate of drug-likeness (QED) is 0.755. The van der Waals surface area contributed by atoms with E-state index < -0.39 is 17.9 Å². The number of hydrogen-bond donors (Lipinski definition) is 1. The first kappa shape index (κ1) is 19.9. The van der Waals surface area contributed by atoms with Crippen LogP contribution in [-0.2, 0) is 30.2 Å². The second-order valence-corrected chi connectivity index (χ2v) is 9.55. The molecule has 5 rings (SSSR count). The zero-order valence-corrected chi connectivity index (χ0v) is 17.5. The van der Waals surface area contributed by atoms with E-state index in [9.17, 15) is 5.21 Å². The molecular formula is C22H31NO6. The minimum Gasteiger partial charge on any atom is -0.342 e. The van der Waals surface area contributed by atoms with Crippen LogP contribution in [0.5, 0.6) is 0 Å². The number of rotatable bonds is 5. The Morgan fingerprint density at radius 3 is 2.24 bits per heavy atom. The molecule has 0 radical (unpaired) electrons. The maximum absolute atomic E-state index is 11.1. The van der Waals surface area contributed by atoms with Crippen molar-refractivity contribution in [2.24, 2.45) is 5.92 Å². The molecule has 0 aromatic heterocycles. The van der Waals surface area contributed by atoms with E-state index in [-0.39, 0.29) is 30.5 Å². The van der Waals surface area contributed by atoms with Crippen molar-refractivity contribution in [1.82, 2.24) is 5.06 Å². The van der Waals surface area contributed by atoms with Gasteiger partial charge in [0.05, 0.1) is 6.04 Å². The van der Waals surface area contributed by atoms with Crippen molar-refractivity contribution >= 4 is 0 Å². The standard InChI is InChI=1S/C22H31NO6/c1-21(2)26-17-16(25-20-19(18(17)27-21)28-22(3,4)29-20)15(14-10-11-14)23(24)12-13-8-6-5-7-9-13/h5-9,14-20,24H,10-12H2,1-4H3/t15-,16-,17+,18+,19-,20-/m1/s1. The summed E-state index contributed by atoms with van der Waals surface area (Å²) >= 11 is 0. The maximum Gasteiger partial charge on any atom is 0.190 e. The highest BCUT2D eigenvalue weighted by atomic mass is 16.9. The third kappa shape index (κ3) is 3.85. The van der Waals surface area contributed by atoms with E-state index in [2.05, 4.69) is 0 Å². The molecule has 0 amide bonds. The third-order valence-corrected chi connectivity index (χ3v) is 6.16. The van der Waals surface area contributed by atoms with Gasteiger partial charge in [-0.3, -0.25) is 0 Å². The van der Waals surface area contributed by atoms with Crippen LogP contribution >= 0.6 is 0 Å². The Balaban J connectivity index is 1.42. The Morgan fingerprint density at radius 2 is 1.55 bits per heavy atom. The van der Waals surface area contributed by atoms with Gasteiger partial charge < -0.3 is 28.9 Å². The molecule has 7 nitrogen and oxygen atoms in total. The van der Waals surface area contributed by atoms with Gasteiger partial charge in [-0.2, -0.15) is 5.06 Å². The molecule has 1 aromatic rings. The summed E-state index contributed by atoms with van der Waals surface area (Å²) < 4.78 is 31.1. The Hall–Kier alpha value is -1.06. The minimum atomic E-state index is -0.747. The highest BCUT2D eigenvalue weighted by Crippen LogP contribution is 2.48. The molecule has 3 aliphatic heterocycles. The number of fused-ring (bicyclic) bond motifs is 3. The van der Waals surface area contributed by atoms with Gasteiger partial charge in [-0.1, -0.05) is 30.3 Å². The van der Waals surface area contributed by atoms with Gasteiger partial charge in [-0.05, 0) is 52.0 Å². The van der Waals surface area contributed by atoms with E-state index in [0.29, 0.717) is 12.5 Å². The number of nitrogens with zero attached hydrogens (tertiary/aromatic N) is 1. The topological polar surface area (TPSA) is 69.6 Å². The smallest absolute Gasteiger partial charge is 0.190 e. The van der Waals surface area contributed by atoms with Crippen LogP contribution in [0.2, 0.25) is 0 Å². The van der Waals surface area contributed by atoms with Gasteiger partial charge in [0.2, 0.25) is 0 Å². The van der Waals surface area contributed by atoms with Gasteiger partial charge in [0.1, 0.15) is 24.4 Å². The monoisotopic (exact) mass is 405 g/mol. The number of ether oxygens (including phenoxy) is 5. The lowest BCUT2D eigenvalue weighted by Crippen LogP contribution is -2.61. The number of hydroxylamine groups is 2. The summed E-state index contributed by atoms with van der Waals surface area (Å²) in [6.45, 7) is 8.01. The summed E-state index contributed by atoms with van der Waals surface area (Å²) in [5.74, 6) is -1.13. The average Bonchev–Trinajstić information content (AvgIpc) is 3.33. The van der Waals surface area contributed by atoms with E-state index in [1.807, 2.05) is 58.0 Å². The summed E-state index contributed by atoms with van der Waals surface area (Å²) in [4.78, 5) is 0. The zero-order valence-electron chi connectivity index (χ0n) is 17.5. The molecule has 0 unspecified atom stereocenters. The molecule has 3 heterocycles. The van der Waals surface area contributed by atoms with Crippen molar-refractivity contribution in [3.63, 3.8) is 0 Å². The molecule has 4 aliphatic rings. The van der Waals surface area contributed by atoms with Crippen LogP contribution in [-0.4, -0.2) is 58.6 Å². The third-order valence-electron chi connectivity index (χ3n) is 6.16. The Kier molecular flexibility index (Phi) is 4.79. The molecule has 1 aliphatic carbocycles. The van der Waals surface area contributed by atoms with Gasteiger partial charge in [-0.15, -0.1) is 0 Å². The molecule has 3 saturated heterocycles. The molecule has 1 saturated carbocycles. The van der Waals surface area contributed by atoms with Crippen molar-refractivity contribution in [2.45, 2.75) is 95.4 Å². The molecule has 6 atom stereocenters. The number of benzene rings is 1. The molecule has 1 aromatic carbocycles. The molecule has 0 bridgehead atoms. The van der Waals surface area contributed by atoms with Crippen LogP contribution < -0.4 is 0 Å². The van der Waals surface area contributed by atoms with Gasteiger partial charge in [0, 0.05) is 6.54 Å². The van der Waals surface area contributed by atoms with Crippen LogP contribution in [0.1, 0.15) is 46.1 Å². The SMILES string of the molecule is CC1(C)O[C@@H]2[C@H](O1)[C@H]1OC(C)(C)O[C@H]1O[C@@H]2[C@@H](C1CC1)N(O)Cc1ccccc1. The van der Waals surface area contributed by atoms with Crippen molar-refractivity contribution in [3.05, 3.63) is 35.9 Å². The lowest BCUT2D eigenvalue weighted by atomic mass is 9.91. The summed E-state index contributed by atoms with van der Waals surface area (Å²) in [6, 6.07) is 9.77. The molecule has 4 fully saturated rings. The predicted octanol–water partition coefficient (Wildman–Crippen LogP) is 3.05. The molecule has 160 valence electrons. The summed E-state index contributed by atoms with van der Waals surface area (Å²) in [6.07, 6.45) is 0.224. The van der Waals surface area contributed by atoms with E-state index in [1.54, 1.807) is 0 Å². The highest BCUT2D eigenvalue weighted by molar-refractivity contribution is 5.15. The largest absolute Gasteiger partial charge is 0.342 e. The summed E-state index contributed by atoms with van der Waals surface area (Å²) in [5.41, 5.74) is 1.05. The van der Waals surface area contributed by atoms with Crippen LogP contribution in [0.4, 0.5) is 0 Å².